The first-order valence-electron chi connectivity index (χ1n) is 11.8. The van der Waals surface area contributed by atoms with Crippen molar-refractivity contribution in [2.75, 3.05) is 18.4 Å². The summed E-state index contributed by atoms with van der Waals surface area (Å²) in [4.78, 5) is 13.2. The van der Waals surface area contributed by atoms with Crippen LogP contribution in [0.25, 0.3) is 16.6 Å². The molecular formula is C27H26N6O2. The number of rotatable bonds is 6. The Morgan fingerprint density at radius 3 is 2.74 bits per heavy atom. The number of ether oxygens (including phenoxy) is 2. The zero-order valence-electron chi connectivity index (χ0n) is 19.4. The van der Waals surface area contributed by atoms with E-state index in [0.29, 0.717) is 0 Å². The van der Waals surface area contributed by atoms with Gasteiger partial charge in [-0.3, -0.25) is 0 Å². The standard InChI is InChI=1S/C27H26N6O2/c1-18-14-19(2-5-25(18)35-22-8-12-33-13-11-29-26(33)16-22)32-27-23-15-21(3-4-24(23)30-17-31-27)34-20-6-9-28-10-7-20/h2-5,8,11-17,20,28H,6-7,9-10H2,1H3,(H,30,31,32). The van der Waals surface area contributed by atoms with Gasteiger partial charge in [-0.15, -0.1) is 0 Å². The molecule has 0 aliphatic carbocycles. The molecule has 8 heteroatoms. The van der Waals surface area contributed by atoms with Crippen molar-refractivity contribution in [2.45, 2.75) is 25.9 Å². The predicted octanol–water partition coefficient (Wildman–Crippen LogP) is 5.25. The van der Waals surface area contributed by atoms with Crippen LogP contribution >= 0.6 is 0 Å². The van der Waals surface area contributed by atoms with Gasteiger partial charge in [-0.2, -0.15) is 0 Å². The first-order valence-corrected chi connectivity index (χ1v) is 11.8. The van der Waals surface area contributed by atoms with Crippen molar-refractivity contribution in [1.29, 1.82) is 0 Å². The smallest absolute Gasteiger partial charge is 0.141 e. The lowest BCUT2D eigenvalue weighted by Crippen LogP contribution is -2.34. The lowest BCUT2D eigenvalue weighted by Gasteiger charge is -2.24. The van der Waals surface area contributed by atoms with Gasteiger partial charge in [-0.1, -0.05) is 0 Å². The number of fused-ring (bicyclic) bond motifs is 2. The summed E-state index contributed by atoms with van der Waals surface area (Å²) in [5.74, 6) is 3.12. The molecule has 0 amide bonds. The van der Waals surface area contributed by atoms with Gasteiger partial charge in [-0.05, 0) is 80.9 Å². The number of aryl methyl sites for hydroxylation is 1. The van der Waals surface area contributed by atoms with Crippen molar-refractivity contribution in [3.8, 4) is 17.2 Å². The third-order valence-electron chi connectivity index (χ3n) is 6.23. The number of hydrogen-bond donors (Lipinski definition) is 2. The molecule has 1 fully saturated rings. The first-order chi connectivity index (χ1) is 17.2. The first kappa shape index (κ1) is 21.4. The van der Waals surface area contributed by atoms with Crippen LogP contribution in [0.4, 0.5) is 11.5 Å². The quantitative estimate of drug-likeness (QED) is 0.353. The van der Waals surface area contributed by atoms with Crippen LogP contribution in [0.1, 0.15) is 18.4 Å². The third-order valence-corrected chi connectivity index (χ3v) is 6.23. The molecule has 0 saturated carbocycles. The minimum Gasteiger partial charge on any atom is -0.490 e. The highest BCUT2D eigenvalue weighted by atomic mass is 16.5. The molecular weight excluding hydrogens is 440 g/mol. The Morgan fingerprint density at radius 1 is 0.943 bits per heavy atom. The summed E-state index contributed by atoms with van der Waals surface area (Å²) < 4.78 is 14.3. The Morgan fingerprint density at radius 2 is 1.86 bits per heavy atom. The van der Waals surface area contributed by atoms with Crippen LogP contribution in [0.3, 0.4) is 0 Å². The fourth-order valence-electron chi connectivity index (χ4n) is 4.37. The second-order valence-corrected chi connectivity index (χ2v) is 8.73. The number of nitrogens with zero attached hydrogens (tertiary/aromatic N) is 4. The van der Waals surface area contributed by atoms with Crippen molar-refractivity contribution in [2.24, 2.45) is 0 Å². The number of hydrogen-bond acceptors (Lipinski definition) is 7. The molecule has 1 saturated heterocycles. The molecule has 35 heavy (non-hydrogen) atoms. The zero-order chi connectivity index (χ0) is 23.6. The normalized spacial score (nSPS) is 14.3. The Bertz CT molecular complexity index is 1490. The largest absolute Gasteiger partial charge is 0.490 e. The van der Waals surface area contributed by atoms with Gasteiger partial charge in [0.15, 0.2) is 0 Å². The Labute approximate surface area is 203 Å². The van der Waals surface area contributed by atoms with E-state index in [1.807, 2.05) is 72.2 Å². The van der Waals surface area contributed by atoms with Crippen LogP contribution in [-0.4, -0.2) is 38.5 Å². The second-order valence-electron chi connectivity index (χ2n) is 8.73. The summed E-state index contributed by atoms with van der Waals surface area (Å²) in [6.45, 7) is 4.01. The number of aromatic nitrogens is 4. The maximum absolute atomic E-state index is 6.24. The molecule has 0 unspecified atom stereocenters. The molecule has 5 aromatic rings. The highest BCUT2D eigenvalue weighted by Crippen LogP contribution is 2.31. The summed E-state index contributed by atoms with van der Waals surface area (Å²) in [5, 5.41) is 7.74. The van der Waals surface area contributed by atoms with Crippen molar-refractivity contribution >= 4 is 28.1 Å². The molecule has 0 atom stereocenters. The van der Waals surface area contributed by atoms with Crippen molar-refractivity contribution in [3.05, 3.63) is 79.0 Å². The maximum atomic E-state index is 6.24. The van der Waals surface area contributed by atoms with Gasteiger partial charge in [0.05, 0.1) is 5.52 Å². The van der Waals surface area contributed by atoms with Crippen LogP contribution in [0.15, 0.2) is 73.4 Å². The Hall–Kier alpha value is -4.17. The van der Waals surface area contributed by atoms with Crippen LogP contribution in [0.5, 0.6) is 17.2 Å². The van der Waals surface area contributed by atoms with E-state index in [0.717, 1.165) is 76.8 Å². The van der Waals surface area contributed by atoms with E-state index < -0.39 is 0 Å². The number of imidazole rings is 1. The highest BCUT2D eigenvalue weighted by molar-refractivity contribution is 5.91. The molecule has 8 nitrogen and oxygen atoms in total. The van der Waals surface area contributed by atoms with Gasteiger partial charge >= 0.3 is 0 Å². The number of benzene rings is 2. The number of anilines is 2. The van der Waals surface area contributed by atoms with Gasteiger partial charge in [-0.25, -0.2) is 15.0 Å². The maximum Gasteiger partial charge on any atom is 0.141 e. The fraction of sp³-hybridized carbons (Fsp3) is 0.222. The fourth-order valence-corrected chi connectivity index (χ4v) is 4.37. The molecule has 2 N–H and O–H groups in total. The average Bonchev–Trinajstić information content (AvgIpc) is 3.35. The molecule has 0 bridgehead atoms. The molecule has 2 aromatic carbocycles. The average molecular weight is 467 g/mol. The molecule has 176 valence electrons. The minimum atomic E-state index is 0.235. The lowest BCUT2D eigenvalue weighted by atomic mass is 10.1. The van der Waals surface area contributed by atoms with Crippen LogP contribution in [0, 0.1) is 6.92 Å². The summed E-state index contributed by atoms with van der Waals surface area (Å²) in [7, 11) is 0. The van der Waals surface area contributed by atoms with Gasteiger partial charge in [0.2, 0.25) is 0 Å². The molecule has 4 heterocycles. The second kappa shape index (κ2) is 9.23. The van der Waals surface area contributed by atoms with E-state index in [1.165, 1.54) is 0 Å². The topological polar surface area (TPSA) is 85.6 Å². The molecule has 1 aliphatic heterocycles. The van der Waals surface area contributed by atoms with Crippen LogP contribution < -0.4 is 20.1 Å². The van der Waals surface area contributed by atoms with E-state index in [1.54, 1.807) is 12.5 Å². The van der Waals surface area contributed by atoms with Crippen LogP contribution in [-0.2, 0) is 0 Å². The van der Waals surface area contributed by atoms with Crippen molar-refractivity contribution < 1.29 is 9.47 Å². The highest BCUT2D eigenvalue weighted by Gasteiger charge is 2.15. The molecule has 1 aliphatic rings. The van der Waals surface area contributed by atoms with E-state index in [-0.39, 0.29) is 6.10 Å². The summed E-state index contributed by atoms with van der Waals surface area (Å²) >= 11 is 0. The monoisotopic (exact) mass is 466 g/mol. The van der Waals surface area contributed by atoms with Gasteiger partial charge in [0.25, 0.3) is 0 Å². The lowest BCUT2D eigenvalue weighted by molar-refractivity contribution is 0.162. The number of nitrogens with one attached hydrogen (secondary N) is 2. The Balaban J connectivity index is 1.22. The molecule has 3 aromatic heterocycles. The molecule has 0 spiro atoms. The SMILES string of the molecule is Cc1cc(Nc2ncnc3ccc(OC4CCNCC4)cc23)ccc1Oc1ccn2ccnc2c1. The zero-order valence-corrected chi connectivity index (χ0v) is 19.4. The number of piperidine rings is 1. The van der Waals surface area contributed by atoms with E-state index in [2.05, 4.69) is 25.6 Å². The van der Waals surface area contributed by atoms with E-state index >= 15 is 0 Å². The van der Waals surface area contributed by atoms with Gasteiger partial charge in [0, 0.05) is 35.7 Å². The minimum absolute atomic E-state index is 0.235. The summed E-state index contributed by atoms with van der Waals surface area (Å²) in [6, 6.07) is 15.8. The molecule has 0 radical (unpaired) electrons. The summed E-state index contributed by atoms with van der Waals surface area (Å²) in [5.41, 5.74) is 3.64. The third kappa shape index (κ3) is 4.61. The van der Waals surface area contributed by atoms with Gasteiger partial charge in [0.1, 0.15) is 41.1 Å². The van der Waals surface area contributed by atoms with E-state index in [4.69, 9.17) is 9.47 Å². The summed E-state index contributed by atoms with van der Waals surface area (Å²) in [6.07, 6.45) is 9.45. The van der Waals surface area contributed by atoms with Crippen molar-refractivity contribution in [1.82, 2.24) is 24.7 Å². The van der Waals surface area contributed by atoms with Gasteiger partial charge < -0.3 is 24.5 Å². The number of pyridine rings is 1. The van der Waals surface area contributed by atoms with Crippen molar-refractivity contribution in [3.63, 3.8) is 0 Å². The van der Waals surface area contributed by atoms with Crippen LogP contribution in [0.2, 0.25) is 0 Å². The predicted molar refractivity (Wildman–Crippen MR) is 136 cm³/mol. The Kier molecular flexibility index (Phi) is 5.64. The van der Waals surface area contributed by atoms with E-state index in [9.17, 15) is 0 Å². The molecule has 6 rings (SSSR count).